The molecule has 4 nitrogen and oxygen atoms in total. The molecule has 0 aliphatic carbocycles. The standard InChI is InChI=1S/C18H20O4/c1-4-5-8-14-13-9-6-7-10-15(13)22-18(21)17(14)16(11(2)19)12(3)20/h6-7,9-10,19H,4-5,8H2,1-3H3/b16-11+. The van der Waals surface area contributed by atoms with Crippen LogP contribution in [-0.2, 0) is 11.2 Å². The number of hydrogen-bond acceptors (Lipinski definition) is 4. The molecule has 1 N–H and O–H groups in total. The van der Waals surface area contributed by atoms with Crippen molar-refractivity contribution < 1.29 is 14.3 Å². The third kappa shape index (κ3) is 2.96. The zero-order valence-electron chi connectivity index (χ0n) is 13.1. The van der Waals surface area contributed by atoms with E-state index in [9.17, 15) is 14.7 Å². The summed E-state index contributed by atoms with van der Waals surface area (Å²) in [4.78, 5) is 24.3. The molecule has 1 aromatic heterocycles. The van der Waals surface area contributed by atoms with Gasteiger partial charge in [0.25, 0.3) is 0 Å². The first-order valence-electron chi connectivity index (χ1n) is 7.43. The average Bonchev–Trinajstić information content (AvgIpc) is 2.46. The van der Waals surface area contributed by atoms with Crippen LogP contribution in [0, 0.1) is 0 Å². The van der Waals surface area contributed by atoms with Crippen molar-refractivity contribution in [3.63, 3.8) is 0 Å². The summed E-state index contributed by atoms with van der Waals surface area (Å²) in [6.45, 7) is 4.81. The van der Waals surface area contributed by atoms with Crippen molar-refractivity contribution in [3.05, 3.63) is 51.6 Å². The van der Waals surface area contributed by atoms with Gasteiger partial charge in [-0.15, -0.1) is 0 Å². The maximum Gasteiger partial charge on any atom is 0.344 e. The number of benzene rings is 1. The van der Waals surface area contributed by atoms with Gasteiger partial charge in [-0.3, -0.25) is 4.79 Å². The Kier molecular flexibility index (Phi) is 4.81. The molecule has 1 aromatic carbocycles. The molecule has 0 atom stereocenters. The predicted molar refractivity (Wildman–Crippen MR) is 87.0 cm³/mol. The maximum atomic E-state index is 12.4. The van der Waals surface area contributed by atoms with E-state index in [0.717, 1.165) is 23.8 Å². The van der Waals surface area contributed by atoms with Crippen LogP contribution in [0.25, 0.3) is 16.5 Å². The van der Waals surface area contributed by atoms with Crippen LogP contribution in [0.1, 0.15) is 44.7 Å². The van der Waals surface area contributed by atoms with E-state index in [1.54, 1.807) is 12.1 Å². The number of para-hydroxylation sites is 1. The molecule has 22 heavy (non-hydrogen) atoms. The topological polar surface area (TPSA) is 67.5 Å². The fourth-order valence-corrected chi connectivity index (χ4v) is 2.69. The van der Waals surface area contributed by atoms with Gasteiger partial charge in [-0.1, -0.05) is 31.5 Å². The molecule has 0 aliphatic heterocycles. The zero-order chi connectivity index (χ0) is 16.3. The van der Waals surface area contributed by atoms with Crippen molar-refractivity contribution in [3.8, 4) is 0 Å². The molecule has 0 fully saturated rings. The van der Waals surface area contributed by atoms with Crippen LogP contribution in [0.4, 0.5) is 0 Å². The summed E-state index contributed by atoms with van der Waals surface area (Å²) in [5.74, 6) is -0.506. The normalized spacial score (nSPS) is 12.3. The molecular formula is C18H20O4. The van der Waals surface area contributed by atoms with Crippen LogP contribution in [0.3, 0.4) is 0 Å². The molecule has 0 radical (unpaired) electrons. The van der Waals surface area contributed by atoms with Crippen LogP contribution >= 0.6 is 0 Å². The number of carbonyl (C=O) groups excluding carboxylic acids is 1. The molecule has 1 heterocycles. The van der Waals surface area contributed by atoms with Gasteiger partial charge in [-0.2, -0.15) is 0 Å². The monoisotopic (exact) mass is 300 g/mol. The van der Waals surface area contributed by atoms with E-state index in [0.29, 0.717) is 12.0 Å². The Morgan fingerprint density at radius 1 is 1.23 bits per heavy atom. The minimum absolute atomic E-state index is 0.0469. The maximum absolute atomic E-state index is 12.4. The van der Waals surface area contributed by atoms with E-state index in [4.69, 9.17) is 4.42 Å². The Morgan fingerprint density at radius 2 is 1.91 bits per heavy atom. The van der Waals surface area contributed by atoms with Crippen molar-refractivity contribution in [1.82, 2.24) is 0 Å². The lowest BCUT2D eigenvalue weighted by Gasteiger charge is -2.13. The highest BCUT2D eigenvalue weighted by molar-refractivity contribution is 6.20. The zero-order valence-corrected chi connectivity index (χ0v) is 13.1. The number of rotatable bonds is 5. The first kappa shape index (κ1) is 16.0. The largest absolute Gasteiger partial charge is 0.512 e. The molecule has 0 saturated carbocycles. The number of unbranched alkanes of at least 4 members (excludes halogenated alkanes) is 1. The number of fused-ring (bicyclic) bond motifs is 1. The van der Waals surface area contributed by atoms with Gasteiger partial charge in [-0.05, 0) is 38.3 Å². The Bertz CT molecular complexity index is 792. The van der Waals surface area contributed by atoms with Crippen LogP contribution in [0.5, 0.6) is 0 Å². The van der Waals surface area contributed by atoms with Crippen molar-refractivity contribution >= 4 is 22.3 Å². The molecule has 0 aliphatic rings. The number of ketones is 1. The summed E-state index contributed by atoms with van der Waals surface area (Å²) in [5.41, 5.74) is 0.932. The summed E-state index contributed by atoms with van der Waals surface area (Å²) >= 11 is 0. The second-order valence-electron chi connectivity index (χ2n) is 5.36. The second-order valence-corrected chi connectivity index (χ2v) is 5.36. The number of carbonyl (C=O) groups is 1. The first-order valence-corrected chi connectivity index (χ1v) is 7.43. The Labute approximate surface area is 129 Å². The van der Waals surface area contributed by atoms with Crippen LogP contribution in [-0.4, -0.2) is 10.9 Å². The van der Waals surface area contributed by atoms with Crippen molar-refractivity contribution in [2.24, 2.45) is 0 Å². The highest BCUT2D eigenvalue weighted by Gasteiger charge is 2.22. The number of aliphatic hydroxyl groups is 1. The lowest BCUT2D eigenvalue weighted by molar-refractivity contribution is -0.111. The molecule has 2 aromatic rings. The highest BCUT2D eigenvalue weighted by atomic mass is 16.4. The SMILES string of the molecule is CCCCc1c(/C(C(C)=O)=C(\C)O)c(=O)oc2ccccc12. The first-order chi connectivity index (χ1) is 10.5. The van der Waals surface area contributed by atoms with Gasteiger partial charge in [0.05, 0.1) is 11.1 Å². The molecular weight excluding hydrogens is 280 g/mol. The van der Waals surface area contributed by atoms with E-state index in [-0.39, 0.29) is 22.7 Å². The second kappa shape index (κ2) is 6.60. The third-order valence-corrected chi connectivity index (χ3v) is 3.66. The molecule has 0 unspecified atom stereocenters. The van der Waals surface area contributed by atoms with Gasteiger partial charge in [0, 0.05) is 5.39 Å². The van der Waals surface area contributed by atoms with Gasteiger partial charge < -0.3 is 9.52 Å². The quantitative estimate of drug-likeness (QED) is 0.514. The van der Waals surface area contributed by atoms with Crippen LogP contribution in [0.15, 0.2) is 39.2 Å². The van der Waals surface area contributed by atoms with E-state index in [1.807, 2.05) is 12.1 Å². The lowest BCUT2D eigenvalue weighted by atomic mass is 9.92. The molecule has 4 heteroatoms. The van der Waals surface area contributed by atoms with E-state index < -0.39 is 5.63 Å². The lowest BCUT2D eigenvalue weighted by Crippen LogP contribution is -2.16. The fourth-order valence-electron chi connectivity index (χ4n) is 2.69. The number of hydrogen-bond donors (Lipinski definition) is 1. The Hall–Kier alpha value is -2.36. The van der Waals surface area contributed by atoms with Gasteiger partial charge in [-0.25, -0.2) is 4.79 Å². The number of aliphatic hydroxyl groups excluding tert-OH is 1. The van der Waals surface area contributed by atoms with Gasteiger partial charge in [0.1, 0.15) is 11.3 Å². The van der Waals surface area contributed by atoms with Gasteiger partial charge >= 0.3 is 5.63 Å². The van der Waals surface area contributed by atoms with E-state index in [2.05, 4.69) is 6.92 Å². The van der Waals surface area contributed by atoms with E-state index in [1.165, 1.54) is 13.8 Å². The number of aryl methyl sites for hydroxylation is 1. The molecule has 2 rings (SSSR count). The Morgan fingerprint density at radius 3 is 2.50 bits per heavy atom. The molecule has 0 spiro atoms. The highest BCUT2D eigenvalue weighted by Crippen LogP contribution is 2.27. The predicted octanol–water partition coefficient (Wildman–Crippen LogP) is 4.01. The summed E-state index contributed by atoms with van der Waals surface area (Å²) in [6.07, 6.45) is 2.50. The van der Waals surface area contributed by atoms with Gasteiger partial charge in [0.15, 0.2) is 5.78 Å². The average molecular weight is 300 g/mol. The van der Waals surface area contributed by atoms with Gasteiger partial charge in [0.2, 0.25) is 0 Å². The molecule has 0 saturated heterocycles. The molecule has 0 bridgehead atoms. The van der Waals surface area contributed by atoms with Crippen molar-refractivity contribution in [2.45, 2.75) is 40.0 Å². The van der Waals surface area contributed by atoms with E-state index >= 15 is 0 Å². The summed E-state index contributed by atoms with van der Waals surface area (Å²) in [5, 5.41) is 10.7. The minimum atomic E-state index is -0.580. The minimum Gasteiger partial charge on any atom is -0.512 e. The Balaban J connectivity index is 2.88. The number of allylic oxidation sites excluding steroid dienone is 2. The summed E-state index contributed by atoms with van der Waals surface area (Å²) in [7, 11) is 0. The third-order valence-electron chi connectivity index (χ3n) is 3.66. The molecule has 116 valence electrons. The summed E-state index contributed by atoms with van der Waals surface area (Å²) < 4.78 is 5.34. The van der Waals surface area contributed by atoms with Crippen molar-refractivity contribution in [2.75, 3.05) is 0 Å². The van der Waals surface area contributed by atoms with Crippen molar-refractivity contribution in [1.29, 1.82) is 0 Å². The summed E-state index contributed by atoms with van der Waals surface area (Å²) in [6, 6.07) is 7.27. The van der Waals surface area contributed by atoms with Crippen LogP contribution < -0.4 is 5.63 Å². The molecule has 0 amide bonds. The van der Waals surface area contributed by atoms with Crippen LogP contribution in [0.2, 0.25) is 0 Å². The smallest absolute Gasteiger partial charge is 0.344 e. The fraction of sp³-hybridized carbons (Fsp3) is 0.333. The number of Topliss-reactive ketones (excluding diaryl/α,β-unsaturated/α-hetero) is 1.